The van der Waals surface area contributed by atoms with Gasteiger partial charge in [-0.3, -0.25) is 15.0 Å². The summed E-state index contributed by atoms with van der Waals surface area (Å²) in [7, 11) is 0. The monoisotopic (exact) mass is 514 g/mol. The minimum Gasteiger partial charge on any atom is -0.395 e. The number of aliphatic hydroxyl groups is 1. The molecule has 0 aliphatic carbocycles. The van der Waals surface area contributed by atoms with E-state index >= 15 is 0 Å². The SMILES string of the molecule is C/C=C/c1nc(Nc2ncc(C(=O)Nc3c(C)cccc3Cl)s2)nc(N2CCN(CCO)CC2)n1. The summed E-state index contributed by atoms with van der Waals surface area (Å²) in [6, 6.07) is 5.45. The number of aryl methyl sites for hydroxylation is 1. The second-order valence-corrected chi connectivity index (χ2v) is 9.35. The van der Waals surface area contributed by atoms with E-state index in [1.165, 1.54) is 17.5 Å². The van der Waals surface area contributed by atoms with Crippen LogP contribution >= 0.6 is 22.9 Å². The van der Waals surface area contributed by atoms with Crippen LogP contribution in [0.5, 0.6) is 0 Å². The molecule has 0 atom stereocenters. The molecule has 35 heavy (non-hydrogen) atoms. The fraction of sp³-hybridized carbons (Fsp3) is 0.348. The van der Waals surface area contributed by atoms with Crippen LogP contribution in [0.25, 0.3) is 6.08 Å². The fourth-order valence-corrected chi connectivity index (χ4v) is 4.59. The van der Waals surface area contributed by atoms with Crippen molar-refractivity contribution in [3.8, 4) is 0 Å². The summed E-state index contributed by atoms with van der Waals surface area (Å²) >= 11 is 7.43. The third-order valence-electron chi connectivity index (χ3n) is 5.44. The molecule has 1 fully saturated rings. The second kappa shape index (κ2) is 11.5. The topological polar surface area (TPSA) is 119 Å². The average Bonchev–Trinajstić information content (AvgIpc) is 3.31. The van der Waals surface area contributed by atoms with E-state index in [9.17, 15) is 4.79 Å². The lowest BCUT2D eigenvalue weighted by Crippen LogP contribution is -2.47. The summed E-state index contributed by atoms with van der Waals surface area (Å²) < 4.78 is 0. The molecule has 4 rings (SSSR count). The number of allylic oxidation sites excluding steroid dienone is 1. The van der Waals surface area contributed by atoms with Crippen molar-refractivity contribution in [2.24, 2.45) is 0 Å². The minimum atomic E-state index is -0.293. The van der Waals surface area contributed by atoms with Crippen LogP contribution in [-0.4, -0.2) is 75.2 Å². The van der Waals surface area contributed by atoms with Crippen molar-refractivity contribution in [2.75, 3.05) is 54.9 Å². The van der Waals surface area contributed by atoms with Crippen LogP contribution in [0.1, 0.15) is 28.0 Å². The number of hydrogen-bond donors (Lipinski definition) is 3. The third-order valence-corrected chi connectivity index (χ3v) is 6.66. The van der Waals surface area contributed by atoms with Crippen LogP contribution in [0.15, 0.2) is 30.5 Å². The van der Waals surface area contributed by atoms with Crippen molar-refractivity contribution in [1.82, 2.24) is 24.8 Å². The summed E-state index contributed by atoms with van der Waals surface area (Å²) in [6.07, 6.45) is 5.18. The number of carbonyl (C=O) groups is 1. The van der Waals surface area contributed by atoms with Crippen LogP contribution in [0.2, 0.25) is 5.02 Å². The first-order valence-electron chi connectivity index (χ1n) is 11.2. The maximum atomic E-state index is 12.8. The molecule has 1 aliphatic heterocycles. The summed E-state index contributed by atoms with van der Waals surface area (Å²) in [5.74, 6) is 1.16. The van der Waals surface area contributed by atoms with E-state index in [1.807, 2.05) is 38.1 Å². The van der Waals surface area contributed by atoms with Gasteiger partial charge in [0.2, 0.25) is 11.9 Å². The highest BCUT2D eigenvalue weighted by Crippen LogP contribution is 2.28. The maximum absolute atomic E-state index is 12.8. The van der Waals surface area contributed by atoms with Crippen molar-refractivity contribution in [3.63, 3.8) is 0 Å². The second-order valence-electron chi connectivity index (χ2n) is 7.91. The van der Waals surface area contributed by atoms with Gasteiger partial charge < -0.3 is 15.3 Å². The lowest BCUT2D eigenvalue weighted by Gasteiger charge is -2.34. The number of β-amino-alcohol motifs (C(OH)–C–C–N with tert-alkyl or cyclic N) is 1. The van der Waals surface area contributed by atoms with E-state index in [1.54, 1.807) is 6.07 Å². The first-order valence-corrected chi connectivity index (χ1v) is 12.4. The lowest BCUT2D eigenvalue weighted by molar-refractivity contribution is 0.103. The number of benzene rings is 1. The van der Waals surface area contributed by atoms with E-state index in [0.29, 0.717) is 45.0 Å². The fourth-order valence-electron chi connectivity index (χ4n) is 3.61. The van der Waals surface area contributed by atoms with Crippen LogP contribution in [0.4, 0.5) is 22.7 Å². The molecule has 184 valence electrons. The Morgan fingerprint density at radius 3 is 2.74 bits per heavy atom. The number of carbonyl (C=O) groups excluding carboxylic acids is 1. The Labute approximate surface area is 212 Å². The van der Waals surface area contributed by atoms with Crippen LogP contribution in [0.3, 0.4) is 0 Å². The summed E-state index contributed by atoms with van der Waals surface area (Å²) in [4.78, 5) is 35.4. The summed E-state index contributed by atoms with van der Waals surface area (Å²) in [5, 5.41) is 16.1. The molecule has 0 spiro atoms. The van der Waals surface area contributed by atoms with Gasteiger partial charge in [0.25, 0.3) is 5.91 Å². The zero-order chi connectivity index (χ0) is 24.8. The van der Waals surface area contributed by atoms with E-state index < -0.39 is 0 Å². The predicted octanol–water partition coefficient (Wildman–Crippen LogP) is 3.43. The number of halogens is 1. The van der Waals surface area contributed by atoms with Gasteiger partial charge in [0.05, 0.1) is 23.5 Å². The Morgan fingerprint density at radius 1 is 1.23 bits per heavy atom. The molecule has 12 heteroatoms. The van der Waals surface area contributed by atoms with Gasteiger partial charge in [0.15, 0.2) is 11.0 Å². The van der Waals surface area contributed by atoms with Crippen LogP contribution in [0, 0.1) is 6.92 Å². The van der Waals surface area contributed by atoms with Gasteiger partial charge in [-0.15, -0.1) is 0 Å². The summed E-state index contributed by atoms with van der Waals surface area (Å²) in [5.41, 5.74) is 1.46. The van der Waals surface area contributed by atoms with Crippen molar-refractivity contribution in [1.29, 1.82) is 0 Å². The Kier molecular flexibility index (Phi) is 8.24. The molecule has 0 unspecified atom stereocenters. The number of piperazine rings is 1. The van der Waals surface area contributed by atoms with E-state index in [2.05, 4.69) is 40.4 Å². The molecule has 3 N–H and O–H groups in total. The number of anilines is 4. The third kappa shape index (κ3) is 6.31. The molecule has 0 radical (unpaired) electrons. The standard InChI is InChI=1S/C23H27ClN8O2S/c1-3-5-18-26-21(29-22(27-18)32-10-8-31(9-11-32)12-13-33)30-23-25-14-17(35-23)20(34)28-19-15(2)6-4-7-16(19)24/h3-7,14,33H,8-13H2,1-2H3,(H,28,34)(H,25,26,27,29,30)/b5-3+. The number of aromatic nitrogens is 4. The molecule has 3 aromatic rings. The number of hydrogen-bond acceptors (Lipinski definition) is 10. The summed E-state index contributed by atoms with van der Waals surface area (Å²) in [6.45, 7) is 7.75. The van der Waals surface area contributed by atoms with Gasteiger partial charge >= 0.3 is 0 Å². The molecule has 10 nitrogen and oxygen atoms in total. The predicted molar refractivity (Wildman–Crippen MR) is 140 cm³/mol. The van der Waals surface area contributed by atoms with Crippen LogP contribution < -0.4 is 15.5 Å². The largest absolute Gasteiger partial charge is 0.395 e. The molecule has 1 amide bonds. The maximum Gasteiger partial charge on any atom is 0.267 e. The van der Waals surface area contributed by atoms with E-state index in [0.717, 1.165) is 31.7 Å². The molecule has 1 aliphatic rings. The van der Waals surface area contributed by atoms with Crippen molar-refractivity contribution < 1.29 is 9.90 Å². The van der Waals surface area contributed by atoms with Gasteiger partial charge in [0, 0.05) is 32.7 Å². The number of thiazole rings is 1. The Hall–Kier alpha value is -3.12. The normalized spacial score (nSPS) is 14.5. The lowest BCUT2D eigenvalue weighted by atomic mass is 10.2. The molecule has 2 aromatic heterocycles. The number of rotatable bonds is 8. The van der Waals surface area contributed by atoms with Crippen LogP contribution in [-0.2, 0) is 0 Å². The number of nitrogens with one attached hydrogen (secondary N) is 2. The first kappa shape index (κ1) is 25.0. The Bertz CT molecular complexity index is 1190. The van der Waals surface area contributed by atoms with Gasteiger partial charge in [0.1, 0.15) is 4.88 Å². The molecular formula is C23H27ClN8O2S. The van der Waals surface area contributed by atoms with Gasteiger partial charge in [-0.1, -0.05) is 41.1 Å². The van der Waals surface area contributed by atoms with Crippen molar-refractivity contribution in [2.45, 2.75) is 13.8 Å². The molecule has 1 saturated heterocycles. The molecule has 3 heterocycles. The highest BCUT2D eigenvalue weighted by atomic mass is 35.5. The Balaban J connectivity index is 1.48. The molecule has 0 saturated carbocycles. The molecule has 0 bridgehead atoms. The Morgan fingerprint density at radius 2 is 2.03 bits per heavy atom. The van der Waals surface area contributed by atoms with Gasteiger partial charge in [-0.25, -0.2) is 4.98 Å². The van der Waals surface area contributed by atoms with Gasteiger partial charge in [-0.05, 0) is 31.6 Å². The first-order chi connectivity index (χ1) is 17.0. The van der Waals surface area contributed by atoms with Crippen molar-refractivity contribution >= 4 is 57.6 Å². The number of para-hydroxylation sites is 1. The zero-order valence-electron chi connectivity index (χ0n) is 19.5. The zero-order valence-corrected chi connectivity index (χ0v) is 21.1. The van der Waals surface area contributed by atoms with Gasteiger partial charge in [-0.2, -0.15) is 15.0 Å². The highest BCUT2D eigenvalue weighted by molar-refractivity contribution is 7.17. The van der Waals surface area contributed by atoms with E-state index in [-0.39, 0.29) is 12.5 Å². The minimum absolute atomic E-state index is 0.150. The van der Waals surface area contributed by atoms with E-state index in [4.69, 9.17) is 16.7 Å². The van der Waals surface area contributed by atoms with Crippen molar-refractivity contribution in [3.05, 3.63) is 51.8 Å². The molecular weight excluding hydrogens is 488 g/mol. The smallest absolute Gasteiger partial charge is 0.267 e. The average molecular weight is 515 g/mol. The number of nitrogens with zero attached hydrogens (tertiary/aromatic N) is 6. The molecule has 1 aromatic carbocycles. The number of amides is 1. The quantitative estimate of drug-likeness (QED) is 0.415. The highest BCUT2D eigenvalue weighted by Gasteiger charge is 2.20. The number of aliphatic hydroxyl groups excluding tert-OH is 1.